The SMILES string of the molecule is CC(C)(C)C1CC1.CC(C)(C)C1COC1.CC(C)(C)CC(C)(C)C. The van der Waals surface area contributed by atoms with Crippen LogP contribution in [0.15, 0.2) is 0 Å². The quantitative estimate of drug-likeness (QED) is 0.441. The lowest BCUT2D eigenvalue weighted by Crippen LogP contribution is -2.37. The van der Waals surface area contributed by atoms with Gasteiger partial charge < -0.3 is 4.74 Å². The number of hydrogen-bond donors (Lipinski definition) is 0. The fourth-order valence-electron chi connectivity index (χ4n) is 3.28. The molecule has 2 rings (SSSR count). The van der Waals surface area contributed by atoms with E-state index in [1.54, 1.807) is 0 Å². The summed E-state index contributed by atoms with van der Waals surface area (Å²) in [4.78, 5) is 0. The van der Waals surface area contributed by atoms with Gasteiger partial charge in [0, 0.05) is 5.92 Å². The average Bonchev–Trinajstić information content (AvgIpc) is 2.84. The highest BCUT2D eigenvalue weighted by atomic mass is 16.5. The maximum atomic E-state index is 5.06. The minimum Gasteiger partial charge on any atom is -0.381 e. The Labute approximate surface area is 154 Å². The lowest BCUT2D eigenvalue weighted by Gasteiger charge is -2.37. The summed E-state index contributed by atoms with van der Waals surface area (Å²) in [5.41, 5.74) is 2.05. The first-order valence-corrected chi connectivity index (χ1v) is 9.99. The summed E-state index contributed by atoms with van der Waals surface area (Å²) in [6.45, 7) is 29.5. The monoisotopic (exact) mass is 340 g/mol. The smallest absolute Gasteiger partial charge is 0.0521 e. The van der Waals surface area contributed by atoms with Crippen LogP contribution in [-0.2, 0) is 4.74 Å². The van der Waals surface area contributed by atoms with Crippen molar-refractivity contribution < 1.29 is 4.74 Å². The Morgan fingerprint density at radius 1 is 0.583 bits per heavy atom. The average molecular weight is 341 g/mol. The van der Waals surface area contributed by atoms with Gasteiger partial charge in [-0.05, 0) is 46.8 Å². The second-order valence-corrected chi connectivity index (χ2v) is 12.5. The van der Waals surface area contributed by atoms with Gasteiger partial charge in [0.25, 0.3) is 0 Å². The van der Waals surface area contributed by atoms with Gasteiger partial charge in [-0.2, -0.15) is 0 Å². The standard InChI is InChI=1S/C9H20.C7H14O.C7H14/c1-8(2,3)7-9(4,5)6;1-7(2,3)6-4-8-5-6;1-7(2,3)6-4-5-6/h7H2,1-6H3;6H,4-5H2,1-3H3;6H,4-5H2,1-3H3. The van der Waals surface area contributed by atoms with Crippen molar-refractivity contribution in [2.75, 3.05) is 13.2 Å². The van der Waals surface area contributed by atoms with Crippen molar-refractivity contribution in [3.05, 3.63) is 0 Å². The topological polar surface area (TPSA) is 9.23 Å². The first-order chi connectivity index (χ1) is 10.4. The molecule has 1 nitrogen and oxygen atoms in total. The van der Waals surface area contributed by atoms with E-state index in [0.29, 0.717) is 21.7 Å². The molecule has 2 aliphatic rings. The lowest BCUT2D eigenvalue weighted by atomic mass is 9.78. The summed E-state index contributed by atoms with van der Waals surface area (Å²) in [5, 5.41) is 0. The highest BCUT2D eigenvalue weighted by Crippen LogP contribution is 2.44. The zero-order chi connectivity index (χ0) is 19.4. The second-order valence-electron chi connectivity index (χ2n) is 12.5. The molecular formula is C23H48O. The zero-order valence-electron chi connectivity index (χ0n) is 19.1. The van der Waals surface area contributed by atoms with Crippen molar-refractivity contribution in [3.63, 3.8) is 0 Å². The van der Waals surface area contributed by atoms with Crippen LogP contribution in [0.2, 0.25) is 0 Å². The van der Waals surface area contributed by atoms with Crippen LogP contribution in [0.1, 0.15) is 102 Å². The van der Waals surface area contributed by atoms with Gasteiger partial charge in [-0.15, -0.1) is 0 Å². The number of hydrogen-bond acceptors (Lipinski definition) is 1. The van der Waals surface area contributed by atoms with Crippen molar-refractivity contribution in [2.45, 2.75) is 102 Å². The van der Waals surface area contributed by atoms with Gasteiger partial charge in [0.1, 0.15) is 0 Å². The highest BCUT2D eigenvalue weighted by Gasteiger charge is 2.33. The van der Waals surface area contributed by atoms with Crippen LogP contribution in [0.3, 0.4) is 0 Å². The van der Waals surface area contributed by atoms with E-state index < -0.39 is 0 Å². The van der Waals surface area contributed by atoms with Crippen LogP contribution in [0.5, 0.6) is 0 Å². The molecule has 0 aromatic heterocycles. The van der Waals surface area contributed by atoms with E-state index in [-0.39, 0.29) is 0 Å². The predicted molar refractivity (Wildman–Crippen MR) is 109 cm³/mol. The van der Waals surface area contributed by atoms with Crippen molar-refractivity contribution in [1.29, 1.82) is 0 Å². The van der Waals surface area contributed by atoms with Crippen molar-refractivity contribution in [3.8, 4) is 0 Å². The third-order valence-electron chi connectivity index (χ3n) is 4.73. The predicted octanol–water partition coefficient (Wildman–Crippen LogP) is 7.59. The molecule has 0 bridgehead atoms. The minimum atomic E-state index is 0.470. The summed E-state index contributed by atoms with van der Waals surface area (Å²) in [7, 11) is 0. The second kappa shape index (κ2) is 8.56. The maximum absolute atomic E-state index is 5.06. The molecule has 0 spiro atoms. The molecule has 0 aromatic carbocycles. The molecule has 146 valence electrons. The fraction of sp³-hybridized carbons (Fsp3) is 1.00. The molecule has 0 N–H and O–H groups in total. The summed E-state index contributed by atoms with van der Waals surface area (Å²) < 4.78 is 5.06. The van der Waals surface area contributed by atoms with Gasteiger partial charge in [-0.25, -0.2) is 0 Å². The molecule has 1 aliphatic carbocycles. The Morgan fingerprint density at radius 2 is 0.917 bits per heavy atom. The Bertz CT molecular complexity index is 320. The maximum Gasteiger partial charge on any atom is 0.0521 e. The van der Waals surface area contributed by atoms with E-state index >= 15 is 0 Å². The molecule has 0 radical (unpaired) electrons. The van der Waals surface area contributed by atoms with Gasteiger partial charge in [0.15, 0.2) is 0 Å². The summed E-state index contributed by atoms with van der Waals surface area (Å²) >= 11 is 0. The molecule has 1 saturated carbocycles. The van der Waals surface area contributed by atoms with Gasteiger partial charge in [-0.3, -0.25) is 0 Å². The molecule has 0 atom stereocenters. The number of rotatable bonds is 0. The Morgan fingerprint density at radius 3 is 0.917 bits per heavy atom. The van der Waals surface area contributed by atoms with Crippen LogP contribution < -0.4 is 0 Å². The van der Waals surface area contributed by atoms with Crippen molar-refractivity contribution >= 4 is 0 Å². The van der Waals surface area contributed by atoms with Crippen LogP contribution in [0.4, 0.5) is 0 Å². The minimum absolute atomic E-state index is 0.470. The van der Waals surface area contributed by atoms with E-state index in [1.165, 1.54) is 19.3 Å². The molecule has 0 aromatic rings. The first kappa shape index (κ1) is 24.0. The molecular weight excluding hydrogens is 292 g/mol. The molecule has 1 heteroatoms. The van der Waals surface area contributed by atoms with Gasteiger partial charge in [-0.1, -0.05) is 83.1 Å². The van der Waals surface area contributed by atoms with E-state index in [2.05, 4.69) is 83.1 Å². The number of ether oxygens (including phenoxy) is 1. The molecule has 1 saturated heterocycles. The van der Waals surface area contributed by atoms with Crippen molar-refractivity contribution in [1.82, 2.24) is 0 Å². The van der Waals surface area contributed by atoms with Crippen LogP contribution >= 0.6 is 0 Å². The normalized spacial score (nSPS) is 19.5. The summed E-state index contributed by atoms with van der Waals surface area (Å²) in [5.74, 6) is 1.86. The molecule has 2 fully saturated rings. The zero-order valence-corrected chi connectivity index (χ0v) is 19.1. The largest absolute Gasteiger partial charge is 0.381 e. The van der Waals surface area contributed by atoms with Crippen molar-refractivity contribution in [2.24, 2.45) is 33.5 Å². The summed E-state index contributed by atoms with van der Waals surface area (Å²) in [6, 6.07) is 0. The third-order valence-corrected chi connectivity index (χ3v) is 4.73. The Kier molecular flexibility index (Phi) is 8.55. The first-order valence-electron chi connectivity index (χ1n) is 9.99. The molecule has 0 amide bonds. The van der Waals surface area contributed by atoms with Gasteiger partial charge >= 0.3 is 0 Å². The van der Waals surface area contributed by atoms with Gasteiger partial charge in [0.2, 0.25) is 0 Å². The van der Waals surface area contributed by atoms with E-state index in [0.717, 1.165) is 25.0 Å². The van der Waals surface area contributed by atoms with E-state index in [1.807, 2.05) is 0 Å². The molecule has 0 unspecified atom stereocenters. The van der Waals surface area contributed by atoms with Crippen LogP contribution in [0.25, 0.3) is 0 Å². The van der Waals surface area contributed by atoms with E-state index in [9.17, 15) is 0 Å². The van der Waals surface area contributed by atoms with E-state index in [4.69, 9.17) is 4.74 Å². The Balaban J connectivity index is 0.000000332. The fourth-order valence-corrected chi connectivity index (χ4v) is 3.28. The van der Waals surface area contributed by atoms with Gasteiger partial charge in [0.05, 0.1) is 13.2 Å². The molecule has 1 heterocycles. The third kappa shape index (κ3) is 13.3. The lowest BCUT2D eigenvalue weighted by molar-refractivity contribution is -0.0821. The Hall–Kier alpha value is -0.0400. The highest BCUT2D eigenvalue weighted by molar-refractivity contribution is 4.84. The van der Waals surface area contributed by atoms with Crippen LogP contribution in [0, 0.1) is 33.5 Å². The molecule has 1 aliphatic heterocycles. The summed E-state index contributed by atoms with van der Waals surface area (Å²) in [6.07, 6.45) is 4.24. The van der Waals surface area contributed by atoms with Crippen LogP contribution in [-0.4, -0.2) is 13.2 Å². The molecule has 24 heavy (non-hydrogen) atoms.